The van der Waals surface area contributed by atoms with Crippen LogP contribution in [-0.4, -0.2) is 22.6 Å². The minimum absolute atomic E-state index is 0.224. The monoisotopic (exact) mass is 271 g/mol. The normalized spacial score (nSPS) is 23.3. The van der Waals surface area contributed by atoms with Gasteiger partial charge in [0.2, 0.25) is 0 Å². The average Bonchev–Trinajstić information content (AvgIpc) is 2.87. The Morgan fingerprint density at radius 2 is 2.15 bits per heavy atom. The van der Waals surface area contributed by atoms with E-state index in [9.17, 15) is 0 Å². The molecule has 1 aromatic carbocycles. The summed E-state index contributed by atoms with van der Waals surface area (Å²) in [7, 11) is 0. The van der Waals surface area contributed by atoms with Crippen LogP contribution in [0.3, 0.4) is 0 Å². The van der Waals surface area contributed by atoms with Crippen molar-refractivity contribution in [1.82, 2.24) is 14.9 Å². The van der Waals surface area contributed by atoms with Crippen molar-refractivity contribution in [2.24, 2.45) is 0 Å². The average molecular weight is 271 g/mol. The van der Waals surface area contributed by atoms with Gasteiger partial charge in [0.05, 0.1) is 11.0 Å². The summed E-state index contributed by atoms with van der Waals surface area (Å²) in [6.07, 6.45) is 4.96. The Hall–Kier alpha value is -1.35. The number of hydrogen-bond donors (Lipinski definition) is 1. The second-order valence-corrected chi connectivity index (χ2v) is 5.98. The lowest BCUT2D eigenvalue weighted by Gasteiger charge is -2.37. The number of para-hydroxylation sites is 2. The number of imidazole rings is 1. The zero-order valence-electron chi connectivity index (χ0n) is 12.7. The summed E-state index contributed by atoms with van der Waals surface area (Å²) in [6.45, 7) is 7.74. The summed E-state index contributed by atoms with van der Waals surface area (Å²) in [5.74, 6) is 1.30. The van der Waals surface area contributed by atoms with Crippen LogP contribution < -0.4 is 5.32 Å². The first kappa shape index (κ1) is 13.6. The number of nitrogens with zero attached hydrogens (tertiary/aromatic N) is 2. The third-order valence-electron chi connectivity index (χ3n) is 4.65. The summed E-state index contributed by atoms with van der Waals surface area (Å²) in [4.78, 5) is 5.02. The van der Waals surface area contributed by atoms with Crippen molar-refractivity contribution < 1.29 is 0 Å². The van der Waals surface area contributed by atoms with Crippen molar-refractivity contribution in [3.8, 4) is 0 Å². The summed E-state index contributed by atoms with van der Waals surface area (Å²) >= 11 is 0. The highest BCUT2D eigenvalue weighted by atomic mass is 15.1. The van der Waals surface area contributed by atoms with Crippen molar-refractivity contribution in [1.29, 1.82) is 0 Å². The van der Waals surface area contributed by atoms with Crippen molar-refractivity contribution in [2.45, 2.75) is 51.5 Å². The Bertz CT molecular complexity index is 573. The molecule has 108 valence electrons. The fraction of sp³-hybridized carbons (Fsp3) is 0.588. The van der Waals surface area contributed by atoms with Gasteiger partial charge in [-0.05, 0) is 44.9 Å². The number of benzene rings is 1. The van der Waals surface area contributed by atoms with E-state index in [2.05, 4.69) is 48.0 Å². The number of piperidine rings is 1. The lowest BCUT2D eigenvalue weighted by Crippen LogP contribution is -2.45. The van der Waals surface area contributed by atoms with Crippen LogP contribution in [-0.2, 0) is 12.0 Å². The molecule has 1 fully saturated rings. The van der Waals surface area contributed by atoms with E-state index in [-0.39, 0.29) is 5.41 Å². The van der Waals surface area contributed by atoms with Crippen LogP contribution in [0.5, 0.6) is 0 Å². The van der Waals surface area contributed by atoms with Crippen LogP contribution in [0.25, 0.3) is 11.0 Å². The maximum absolute atomic E-state index is 5.02. The Morgan fingerprint density at radius 1 is 1.30 bits per heavy atom. The lowest BCUT2D eigenvalue weighted by atomic mass is 9.76. The number of nitrogens with one attached hydrogen (secondary N) is 1. The third-order valence-corrected chi connectivity index (χ3v) is 4.65. The highest BCUT2D eigenvalue weighted by Gasteiger charge is 2.37. The van der Waals surface area contributed by atoms with Crippen LogP contribution in [0, 0.1) is 0 Å². The first-order valence-corrected chi connectivity index (χ1v) is 7.97. The molecule has 3 nitrogen and oxygen atoms in total. The van der Waals surface area contributed by atoms with Gasteiger partial charge in [0.1, 0.15) is 5.82 Å². The molecule has 2 heterocycles. The molecule has 1 aromatic heterocycles. The van der Waals surface area contributed by atoms with Crippen molar-refractivity contribution in [2.75, 3.05) is 13.1 Å². The van der Waals surface area contributed by atoms with Gasteiger partial charge in [0.15, 0.2) is 0 Å². The Balaban J connectivity index is 2.14. The predicted molar refractivity (Wildman–Crippen MR) is 84.1 cm³/mol. The fourth-order valence-corrected chi connectivity index (χ4v) is 3.76. The summed E-state index contributed by atoms with van der Waals surface area (Å²) in [6, 6.07) is 8.54. The Morgan fingerprint density at radius 3 is 2.85 bits per heavy atom. The molecule has 1 atom stereocenters. The molecular weight excluding hydrogens is 246 g/mol. The molecule has 1 unspecified atom stereocenters. The topological polar surface area (TPSA) is 29.9 Å². The largest absolute Gasteiger partial charge is 0.328 e. The van der Waals surface area contributed by atoms with Crippen LogP contribution in [0.2, 0.25) is 0 Å². The van der Waals surface area contributed by atoms with Gasteiger partial charge in [0, 0.05) is 18.5 Å². The van der Waals surface area contributed by atoms with Gasteiger partial charge in [-0.1, -0.05) is 25.5 Å². The van der Waals surface area contributed by atoms with Crippen LogP contribution >= 0.6 is 0 Å². The summed E-state index contributed by atoms with van der Waals surface area (Å²) in [5.41, 5.74) is 2.65. The van der Waals surface area contributed by atoms with Crippen molar-refractivity contribution >= 4 is 11.0 Å². The molecule has 1 aliphatic rings. The molecular formula is C17H25N3. The molecule has 0 spiro atoms. The molecule has 0 aliphatic carbocycles. The fourth-order valence-electron chi connectivity index (χ4n) is 3.76. The van der Waals surface area contributed by atoms with Crippen LogP contribution in [0.4, 0.5) is 0 Å². The molecule has 3 rings (SSSR count). The van der Waals surface area contributed by atoms with Gasteiger partial charge < -0.3 is 9.88 Å². The Kier molecular flexibility index (Phi) is 3.79. The second-order valence-electron chi connectivity index (χ2n) is 5.98. The van der Waals surface area contributed by atoms with E-state index in [1.54, 1.807) is 0 Å². The SMILES string of the molecule is CCCC1(c2nc3ccccc3n2CC)CCCNC1. The molecule has 3 heteroatoms. The third kappa shape index (κ3) is 2.14. The van der Waals surface area contributed by atoms with Gasteiger partial charge in [-0.3, -0.25) is 0 Å². The maximum Gasteiger partial charge on any atom is 0.117 e. The zero-order chi connectivity index (χ0) is 14.0. The smallest absolute Gasteiger partial charge is 0.117 e. The van der Waals surface area contributed by atoms with E-state index >= 15 is 0 Å². The van der Waals surface area contributed by atoms with Gasteiger partial charge in [-0.15, -0.1) is 0 Å². The van der Waals surface area contributed by atoms with Crippen molar-refractivity contribution in [3.63, 3.8) is 0 Å². The van der Waals surface area contributed by atoms with Gasteiger partial charge in [0.25, 0.3) is 0 Å². The molecule has 1 aliphatic heterocycles. The highest BCUT2D eigenvalue weighted by molar-refractivity contribution is 5.76. The molecule has 2 aromatic rings. The number of aromatic nitrogens is 2. The van der Waals surface area contributed by atoms with Gasteiger partial charge in [-0.25, -0.2) is 4.98 Å². The van der Waals surface area contributed by atoms with E-state index in [4.69, 9.17) is 4.98 Å². The standard InChI is InChI=1S/C17H25N3/c1-3-10-17(11-7-12-18-13-17)16-19-14-8-5-6-9-15(14)20(16)4-2/h5-6,8-9,18H,3-4,7,10-13H2,1-2H3. The first-order valence-electron chi connectivity index (χ1n) is 7.97. The van der Waals surface area contributed by atoms with Crippen molar-refractivity contribution in [3.05, 3.63) is 30.1 Å². The zero-order valence-corrected chi connectivity index (χ0v) is 12.7. The highest BCUT2D eigenvalue weighted by Crippen LogP contribution is 2.36. The van der Waals surface area contributed by atoms with E-state index in [0.29, 0.717) is 0 Å². The van der Waals surface area contributed by atoms with E-state index in [1.165, 1.54) is 37.0 Å². The first-order chi connectivity index (χ1) is 9.80. The predicted octanol–water partition coefficient (Wildman–Crippen LogP) is 3.48. The van der Waals surface area contributed by atoms with Gasteiger partial charge in [-0.2, -0.15) is 0 Å². The minimum atomic E-state index is 0.224. The maximum atomic E-state index is 5.02. The number of rotatable bonds is 4. The molecule has 0 saturated carbocycles. The molecule has 0 radical (unpaired) electrons. The number of hydrogen-bond acceptors (Lipinski definition) is 2. The molecule has 1 N–H and O–H groups in total. The molecule has 0 bridgehead atoms. The minimum Gasteiger partial charge on any atom is -0.328 e. The van der Waals surface area contributed by atoms with E-state index in [0.717, 1.165) is 25.2 Å². The van der Waals surface area contributed by atoms with Gasteiger partial charge >= 0.3 is 0 Å². The van der Waals surface area contributed by atoms with Crippen LogP contribution in [0.15, 0.2) is 24.3 Å². The molecule has 1 saturated heterocycles. The number of aryl methyl sites for hydroxylation is 1. The lowest BCUT2D eigenvalue weighted by molar-refractivity contribution is 0.269. The quantitative estimate of drug-likeness (QED) is 0.922. The molecule has 20 heavy (non-hydrogen) atoms. The summed E-state index contributed by atoms with van der Waals surface area (Å²) in [5, 5.41) is 3.60. The molecule has 0 amide bonds. The second kappa shape index (κ2) is 5.57. The summed E-state index contributed by atoms with van der Waals surface area (Å²) < 4.78 is 2.43. The Labute approximate surface area is 121 Å². The van der Waals surface area contributed by atoms with E-state index < -0.39 is 0 Å². The number of fused-ring (bicyclic) bond motifs is 1. The van der Waals surface area contributed by atoms with Crippen LogP contribution in [0.1, 0.15) is 45.4 Å². The van der Waals surface area contributed by atoms with E-state index in [1.807, 2.05) is 0 Å².